The Balaban J connectivity index is 1.92. The zero-order chi connectivity index (χ0) is 14.1. The Morgan fingerprint density at radius 2 is 1.86 bits per heavy atom. The van der Waals surface area contributed by atoms with E-state index in [0.717, 1.165) is 30.2 Å². The number of para-hydroxylation sites is 1. The summed E-state index contributed by atoms with van der Waals surface area (Å²) in [5.74, 6) is 0.942. The molecule has 0 unspecified atom stereocenters. The molecule has 1 N–H and O–H groups in total. The van der Waals surface area contributed by atoms with Gasteiger partial charge in [0.1, 0.15) is 5.84 Å². The molecule has 0 saturated heterocycles. The number of hydrogen-bond acceptors (Lipinski definition) is 4. The summed E-state index contributed by atoms with van der Waals surface area (Å²) in [5, 5.41) is 3.05. The number of benzene rings is 2. The van der Waals surface area contributed by atoms with Crippen molar-refractivity contribution in [3.8, 4) is 12.1 Å². The summed E-state index contributed by atoms with van der Waals surface area (Å²) in [7, 11) is 0. The van der Waals surface area contributed by atoms with Crippen molar-refractivity contribution in [3.63, 3.8) is 0 Å². The predicted molar refractivity (Wildman–Crippen MR) is 85.7 cm³/mol. The van der Waals surface area contributed by atoms with Crippen LogP contribution in [0.25, 0.3) is 0 Å². The third-order valence-corrected chi connectivity index (χ3v) is 4.58. The highest BCUT2D eigenvalue weighted by molar-refractivity contribution is 7.99. The van der Waals surface area contributed by atoms with Gasteiger partial charge in [-0.3, -0.25) is 4.90 Å². The summed E-state index contributed by atoms with van der Waals surface area (Å²) < 4.78 is 0. The highest BCUT2D eigenvalue weighted by Gasteiger charge is 2.21. The molecule has 2 aromatic carbocycles. The maximum absolute atomic E-state index is 4.90. The first kappa shape index (κ1) is 12.4. The molecule has 4 rings (SSSR count). The van der Waals surface area contributed by atoms with Gasteiger partial charge in [0.05, 0.1) is 12.2 Å². The second kappa shape index (κ2) is 5.19. The molecule has 2 heterocycles. The number of amidine groups is 1. The van der Waals surface area contributed by atoms with Crippen molar-refractivity contribution in [1.29, 1.82) is 0 Å². The van der Waals surface area contributed by atoms with Crippen molar-refractivity contribution in [2.24, 2.45) is 4.99 Å². The first-order valence-electron chi connectivity index (χ1n) is 6.88. The van der Waals surface area contributed by atoms with Gasteiger partial charge in [0, 0.05) is 34.0 Å². The minimum atomic E-state index is 0.840. The minimum absolute atomic E-state index is 0.840. The fourth-order valence-corrected chi connectivity index (χ4v) is 3.44. The molecule has 0 fully saturated rings. The van der Waals surface area contributed by atoms with E-state index >= 15 is 0 Å². The lowest BCUT2D eigenvalue weighted by molar-refractivity contribution is 0.554. The molecular weight excluding hydrogens is 278 g/mol. The normalized spacial score (nSPS) is 15.6. The Hall–Kier alpha value is -2.38. The third kappa shape index (κ3) is 2.26. The van der Waals surface area contributed by atoms with Gasteiger partial charge < -0.3 is 5.32 Å². The van der Waals surface area contributed by atoms with E-state index in [2.05, 4.69) is 59.9 Å². The molecule has 0 aliphatic carbocycles. The Morgan fingerprint density at radius 1 is 1.05 bits per heavy atom. The fourth-order valence-electron chi connectivity index (χ4n) is 2.43. The van der Waals surface area contributed by atoms with Crippen LogP contribution in [0.3, 0.4) is 0 Å². The molecule has 0 aromatic heterocycles. The van der Waals surface area contributed by atoms with Gasteiger partial charge >= 0.3 is 0 Å². The summed E-state index contributed by atoms with van der Waals surface area (Å²) >= 11 is 1.77. The summed E-state index contributed by atoms with van der Waals surface area (Å²) in [6.45, 7) is 1.69. The monoisotopic (exact) mass is 291 g/mol. The van der Waals surface area contributed by atoms with Gasteiger partial charge in [-0.05, 0) is 18.2 Å². The van der Waals surface area contributed by atoms with Crippen LogP contribution in [0.5, 0.6) is 0 Å². The van der Waals surface area contributed by atoms with Crippen LogP contribution in [0.1, 0.15) is 5.56 Å². The van der Waals surface area contributed by atoms with Crippen LogP contribution in [0.4, 0.5) is 5.69 Å². The van der Waals surface area contributed by atoms with Gasteiger partial charge in [0.25, 0.3) is 0 Å². The van der Waals surface area contributed by atoms with Gasteiger partial charge in [-0.15, -0.1) is 0 Å². The number of hydrogen-bond donors (Lipinski definition) is 1. The Labute approximate surface area is 128 Å². The average molecular weight is 291 g/mol. The van der Waals surface area contributed by atoms with Crippen LogP contribution >= 0.6 is 11.8 Å². The molecule has 4 heteroatoms. The lowest BCUT2D eigenvalue weighted by atomic mass is 10.2. The van der Waals surface area contributed by atoms with E-state index in [1.54, 1.807) is 11.8 Å². The van der Waals surface area contributed by atoms with Crippen molar-refractivity contribution in [2.45, 2.75) is 9.79 Å². The zero-order valence-electron chi connectivity index (χ0n) is 11.3. The lowest BCUT2D eigenvalue weighted by Crippen LogP contribution is -2.36. The van der Waals surface area contributed by atoms with Crippen LogP contribution in [-0.4, -0.2) is 23.8 Å². The van der Waals surface area contributed by atoms with E-state index in [-0.39, 0.29) is 0 Å². The first-order valence-corrected chi connectivity index (χ1v) is 7.69. The highest BCUT2D eigenvalue weighted by atomic mass is 32.2. The molecular formula is C17H13N3S. The summed E-state index contributed by atoms with van der Waals surface area (Å²) in [6.07, 6.45) is 0. The lowest BCUT2D eigenvalue weighted by Gasteiger charge is -2.22. The van der Waals surface area contributed by atoms with Crippen molar-refractivity contribution in [3.05, 3.63) is 54.1 Å². The average Bonchev–Trinajstić information content (AvgIpc) is 2.72. The highest BCUT2D eigenvalue weighted by Crippen LogP contribution is 2.40. The summed E-state index contributed by atoms with van der Waals surface area (Å²) in [6, 6.07) is 22.7. The summed E-state index contributed by atoms with van der Waals surface area (Å²) in [5.41, 5.74) is 2.16. The van der Waals surface area contributed by atoms with Gasteiger partial charge in [-0.25, -0.2) is 4.99 Å². The van der Waals surface area contributed by atoms with Gasteiger partial charge in [-0.1, -0.05) is 42.1 Å². The Kier molecular flexibility index (Phi) is 3.06. The number of aliphatic imine (C=N–C) groups is 1. The molecule has 2 aliphatic rings. The Morgan fingerprint density at radius 3 is 2.71 bits per heavy atom. The van der Waals surface area contributed by atoms with E-state index in [0.29, 0.717) is 0 Å². The van der Waals surface area contributed by atoms with Gasteiger partial charge in [-0.2, -0.15) is 0 Å². The van der Waals surface area contributed by atoms with Crippen molar-refractivity contribution < 1.29 is 0 Å². The second-order valence-corrected chi connectivity index (χ2v) is 5.90. The van der Waals surface area contributed by atoms with Crippen LogP contribution in [0, 0.1) is 12.1 Å². The van der Waals surface area contributed by atoms with Crippen molar-refractivity contribution >= 4 is 23.3 Å². The molecule has 0 amide bonds. The number of nitrogens with zero attached hydrogens (tertiary/aromatic N) is 2. The van der Waals surface area contributed by atoms with E-state index in [1.807, 2.05) is 11.0 Å². The maximum atomic E-state index is 4.90. The molecule has 2 aliphatic heterocycles. The van der Waals surface area contributed by atoms with E-state index in [4.69, 9.17) is 4.99 Å². The van der Waals surface area contributed by atoms with Crippen molar-refractivity contribution in [2.75, 3.05) is 13.1 Å². The molecule has 3 nitrogen and oxygen atoms in total. The SMILES string of the molecule is C1#CN(C2=Nc3ccccc3Sc3ccccc32)CCN1. The Bertz CT molecular complexity index is 786. The van der Waals surface area contributed by atoms with Crippen LogP contribution in [-0.2, 0) is 0 Å². The molecule has 0 radical (unpaired) electrons. The van der Waals surface area contributed by atoms with Gasteiger partial charge in [0.2, 0.25) is 0 Å². The quantitative estimate of drug-likeness (QED) is 0.756. The molecule has 0 spiro atoms. The van der Waals surface area contributed by atoms with Crippen LogP contribution in [0.15, 0.2) is 63.3 Å². The van der Waals surface area contributed by atoms with E-state index in [1.165, 1.54) is 9.79 Å². The molecule has 21 heavy (non-hydrogen) atoms. The molecule has 0 bridgehead atoms. The number of rotatable bonds is 0. The predicted octanol–water partition coefficient (Wildman–Crippen LogP) is 3.05. The summed E-state index contributed by atoms with van der Waals surface area (Å²) in [4.78, 5) is 9.34. The second-order valence-electron chi connectivity index (χ2n) is 4.82. The number of fused-ring (bicyclic) bond motifs is 2. The minimum Gasteiger partial charge on any atom is -0.343 e. The molecule has 0 saturated carbocycles. The van der Waals surface area contributed by atoms with Crippen LogP contribution < -0.4 is 5.32 Å². The zero-order valence-corrected chi connectivity index (χ0v) is 12.2. The molecule has 0 atom stereocenters. The molecule has 2 aromatic rings. The third-order valence-electron chi connectivity index (χ3n) is 3.43. The van der Waals surface area contributed by atoms with Gasteiger partial charge in [0.15, 0.2) is 0 Å². The number of nitrogens with one attached hydrogen (secondary N) is 1. The van der Waals surface area contributed by atoms with Crippen LogP contribution in [0.2, 0.25) is 0 Å². The largest absolute Gasteiger partial charge is 0.343 e. The standard InChI is InChI=1S/C17H13N3S/c1-3-7-15-13(5-1)17(20-11-9-18-10-12-20)19-14-6-2-4-8-16(14)21-15/h1-8,18H,9,11H2. The smallest absolute Gasteiger partial charge is 0.149 e. The topological polar surface area (TPSA) is 27.6 Å². The van der Waals surface area contributed by atoms with Crippen molar-refractivity contribution in [1.82, 2.24) is 10.2 Å². The fraction of sp³-hybridized carbons (Fsp3) is 0.118. The first-order chi connectivity index (χ1) is 10.4. The maximum Gasteiger partial charge on any atom is 0.149 e. The van der Waals surface area contributed by atoms with E-state index in [9.17, 15) is 0 Å². The molecule has 102 valence electrons. The van der Waals surface area contributed by atoms with E-state index < -0.39 is 0 Å².